The van der Waals surface area contributed by atoms with Crippen molar-refractivity contribution in [1.29, 1.82) is 0 Å². The molecule has 1 rings (SSSR count). The first-order chi connectivity index (χ1) is 8.21. The normalized spacial score (nSPS) is 13.2. The first-order valence-electron chi connectivity index (χ1n) is 5.34. The summed E-state index contributed by atoms with van der Waals surface area (Å²) >= 11 is 0. The summed E-state index contributed by atoms with van der Waals surface area (Å²) in [6.45, 7) is 3.24. The minimum absolute atomic E-state index is 0.0430. The lowest BCUT2D eigenvalue weighted by Gasteiger charge is -2.28. The van der Waals surface area contributed by atoms with Crippen molar-refractivity contribution in [3.05, 3.63) is 29.8 Å². The lowest BCUT2D eigenvalue weighted by atomic mass is 9.99. The van der Waals surface area contributed by atoms with Crippen molar-refractivity contribution in [2.75, 3.05) is 0 Å². The highest BCUT2D eigenvalue weighted by Crippen LogP contribution is 2.23. The van der Waals surface area contributed by atoms with Crippen molar-refractivity contribution in [1.82, 2.24) is 0 Å². The number of nitrogens with two attached hydrogens (primary N) is 1. The van der Waals surface area contributed by atoms with Gasteiger partial charge in [0.15, 0.2) is 11.6 Å². The second-order valence-electron chi connectivity index (χ2n) is 4.59. The third kappa shape index (κ3) is 3.96. The largest absolute Gasteiger partial charge is 0.488 e. The van der Waals surface area contributed by atoms with Gasteiger partial charge in [-0.3, -0.25) is 4.79 Å². The summed E-state index contributed by atoms with van der Waals surface area (Å²) in [6.07, 6.45) is 0.0430. The molecule has 6 heteroatoms. The molecule has 1 aromatic carbocycles. The molecule has 18 heavy (non-hydrogen) atoms. The van der Waals surface area contributed by atoms with Gasteiger partial charge in [0.05, 0.1) is 0 Å². The van der Waals surface area contributed by atoms with E-state index in [4.69, 9.17) is 15.6 Å². The van der Waals surface area contributed by atoms with E-state index in [0.29, 0.717) is 0 Å². The van der Waals surface area contributed by atoms with E-state index in [1.165, 1.54) is 6.07 Å². The van der Waals surface area contributed by atoms with E-state index in [1.807, 2.05) is 0 Å². The second-order valence-corrected chi connectivity index (χ2v) is 4.59. The van der Waals surface area contributed by atoms with Crippen LogP contribution >= 0.6 is 0 Å². The van der Waals surface area contributed by atoms with Crippen LogP contribution in [0.3, 0.4) is 0 Å². The van der Waals surface area contributed by atoms with Crippen molar-refractivity contribution in [3.63, 3.8) is 0 Å². The van der Waals surface area contributed by atoms with Crippen LogP contribution in [-0.4, -0.2) is 22.7 Å². The van der Waals surface area contributed by atoms with E-state index < -0.39 is 29.2 Å². The van der Waals surface area contributed by atoms with Gasteiger partial charge in [0, 0.05) is 12.5 Å². The van der Waals surface area contributed by atoms with Gasteiger partial charge < -0.3 is 15.6 Å². The van der Waals surface area contributed by atoms with Crippen molar-refractivity contribution in [3.8, 4) is 5.75 Å². The van der Waals surface area contributed by atoms with Crippen LogP contribution in [0.2, 0.25) is 0 Å². The number of carboxylic acids is 1. The summed E-state index contributed by atoms with van der Waals surface area (Å²) in [5, 5.41) is 8.70. The molecule has 0 heterocycles. The smallest absolute Gasteiger partial charge is 0.320 e. The highest BCUT2D eigenvalue weighted by atomic mass is 19.2. The van der Waals surface area contributed by atoms with Crippen molar-refractivity contribution < 1.29 is 23.4 Å². The van der Waals surface area contributed by atoms with Gasteiger partial charge in [-0.2, -0.15) is 0 Å². The number of rotatable bonds is 5. The number of aliphatic carboxylic acids is 1. The molecule has 4 nitrogen and oxygen atoms in total. The summed E-state index contributed by atoms with van der Waals surface area (Å²) in [5.74, 6) is -3.01. The number of hydrogen-bond donors (Lipinski definition) is 2. The molecule has 0 aromatic heterocycles. The number of hydrogen-bond acceptors (Lipinski definition) is 3. The molecule has 0 spiro atoms. The first-order valence-corrected chi connectivity index (χ1v) is 5.34. The van der Waals surface area contributed by atoms with Gasteiger partial charge in [-0.15, -0.1) is 0 Å². The van der Waals surface area contributed by atoms with Gasteiger partial charge >= 0.3 is 5.97 Å². The standard InChI is InChI=1S/C12H15F2NO3/c1-12(2,6-10(15)11(16)17)18-7-3-4-8(13)9(14)5-7/h3-5,10H,6,15H2,1-2H3,(H,16,17). The Kier molecular flexibility index (Phi) is 4.24. The maximum Gasteiger partial charge on any atom is 0.320 e. The number of carbonyl (C=O) groups is 1. The minimum atomic E-state index is -1.14. The molecule has 100 valence electrons. The molecule has 0 radical (unpaired) electrons. The highest BCUT2D eigenvalue weighted by molar-refractivity contribution is 5.73. The van der Waals surface area contributed by atoms with Gasteiger partial charge in [0.2, 0.25) is 0 Å². The molecule has 0 fully saturated rings. The Hall–Kier alpha value is -1.69. The lowest BCUT2D eigenvalue weighted by molar-refractivity contribution is -0.139. The molecule has 0 bridgehead atoms. The number of carboxylic acid groups (broad SMARTS) is 1. The fraction of sp³-hybridized carbons (Fsp3) is 0.417. The molecule has 3 N–H and O–H groups in total. The molecule has 1 unspecified atom stereocenters. The topological polar surface area (TPSA) is 72.6 Å². The van der Waals surface area contributed by atoms with Gasteiger partial charge in [-0.25, -0.2) is 8.78 Å². The molecular weight excluding hydrogens is 244 g/mol. The average molecular weight is 259 g/mol. The van der Waals surface area contributed by atoms with Gasteiger partial charge in [0.1, 0.15) is 17.4 Å². The van der Waals surface area contributed by atoms with Crippen LogP contribution in [0.25, 0.3) is 0 Å². The van der Waals surface area contributed by atoms with E-state index in [9.17, 15) is 13.6 Å². The minimum Gasteiger partial charge on any atom is -0.488 e. The fourth-order valence-electron chi connectivity index (χ4n) is 1.52. The molecule has 0 aliphatic rings. The van der Waals surface area contributed by atoms with Crippen LogP contribution in [0.1, 0.15) is 20.3 Å². The Balaban J connectivity index is 2.75. The second kappa shape index (κ2) is 5.30. The highest BCUT2D eigenvalue weighted by Gasteiger charge is 2.27. The van der Waals surface area contributed by atoms with Gasteiger partial charge in [-0.05, 0) is 26.0 Å². The molecule has 0 aliphatic heterocycles. The van der Waals surface area contributed by atoms with E-state index in [0.717, 1.165) is 12.1 Å². The Morgan fingerprint density at radius 3 is 2.56 bits per heavy atom. The number of benzene rings is 1. The Bertz CT molecular complexity index is 449. The van der Waals surface area contributed by atoms with E-state index in [1.54, 1.807) is 13.8 Å². The monoisotopic (exact) mass is 259 g/mol. The van der Waals surface area contributed by atoms with Crippen LogP contribution < -0.4 is 10.5 Å². The summed E-state index contributed by atoms with van der Waals surface area (Å²) in [6, 6.07) is 2.04. The van der Waals surface area contributed by atoms with Crippen molar-refractivity contribution in [2.45, 2.75) is 31.9 Å². The van der Waals surface area contributed by atoms with Gasteiger partial charge in [0.25, 0.3) is 0 Å². The van der Waals surface area contributed by atoms with Gasteiger partial charge in [-0.1, -0.05) is 0 Å². The van der Waals surface area contributed by atoms with Crippen LogP contribution in [0.5, 0.6) is 5.75 Å². The van der Waals surface area contributed by atoms with E-state index in [-0.39, 0.29) is 12.2 Å². The molecule has 0 amide bonds. The van der Waals surface area contributed by atoms with Crippen LogP contribution in [0, 0.1) is 11.6 Å². The Labute approximate surface area is 103 Å². The lowest BCUT2D eigenvalue weighted by Crippen LogP contribution is -2.41. The van der Waals surface area contributed by atoms with E-state index >= 15 is 0 Å². The SMILES string of the molecule is CC(C)(CC(N)C(=O)O)Oc1ccc(F)c(F)c1. The maximum atomic E-state index is 13.0. The Morgan fingerprint density at radius 1 is 1.44 bits per heavy atom. The summed E-state index contributed by atoms with van der Waals surface area (Å²) in [5.41, 5.74) is 4.50. The zero-order valence-corrected chi connectivity index (χ0v) is 10.1. The maximum absolute atomic E-state index is 13.0. The third-order valence-electron chi connectivity index (χ3n) is 2.31. The molecular formula is C12H15F2NO3. The third-order valence-corrected chi connectivity index (χ3v) is 2.31. The Morgan fingerprint density at radius 2 is 2.06 bits per heavy atom. The molecule has 0 aliphatic carbocycles. The van der Waals surface area contributed by atoms with Crippen molar-refractivity contribution in [2.24, 2.45) is 5.73 Å². The number of ether oxygens (including phenoxy) is 1. The quantitative estimate of drug-likeness (QED) is 0.847. The van der Waals surface area contributed by atoms with Crippen LogP contribution in [-0.2, 0) is 4.79 Å². The van der Waals surface area contributed by atoms with E-state index in [2.05, 4.69) is 0 Å². The van der Waals surface area contributed by atoms with Crippen molar-refractivity contribution >= 4 is 5.97 Å². The molecule has 1 aromatic rings. The predicted octanol–water partition coefficient (Wildman–Crippen LogP) is 1.92. The molecule has 0 saturated heterocycles. The summed E-state index contributed by atoms with van der Waals surface area (Å²) < 4.78 is 31.1. The number of halogens is 2. The van der Waals surface area contributed by atoms with Crippen LogP contribution in [0.15, 0.2) is 18.2 Å². The van der Waals surface area contributed by atoms with Crippen LogP contribution in [0.4, 0.5) is 8.78 Å². The zero-order chi connectivity index (χ0) is 13.9. The molecule has 1 atom stereocenters. The summed E-state index contributed by atoms with van der Waals surface area (Å²) in [4.78, 5) is 10.6. The molecule has 0 saturated carbocycles. The zero-order valence-electron chi connectivity index (χ0n) is 10.1. The predicted molar refractivity (Wildman–Crippen MR) is 61.3 cm³/mol. The fourth-order valence-corrected chi connectivity index (χ4v) is 1.52. The summed E-state index contributed by atoms with van der Waals surface area (Å²) in [7, 11) is 0. The average Bonchev–Trinajstić information content (AvgIpc) is 2.22. The first kappa shape index (κ1) is 14.4.